The summed E-state index contributed by atoms with van der Waals surface area (Å²) in [6.07, 6.45) is 1.69. The van der Waals surface area contributed by atoms with Crippen molar-refractivity contribution in [3.63, 3.8) is 0 Å². The van der Waals surface area contributed by atoms with Crippen LogP contribution in [0.2, 0.25) is 0 Å². The van der Waals surface area contributed by atoms with Crippen LogP contribution in [0.15, 0.2) is 89.5 Å². The molecule has 3 aromatic carbocycles. The molecule has 0 fully saturated rings. The quantitative estimate of drug-likeness (QED) is 0.406. The molecule has 0 aliphatic rings. The number of furan rings is 1. The van der Waals surface area contributed by atoms with Gasteiger partial charge in [-0.2, -0.15) is 0 Å². The topological polar surface area (TPSA) is 13.1 Å². The molecule has 0 saturated heterocycles. The molecular formula is C23H17FO. The molecule has 122 valence electrons. The van der Waals surface area contributed by atoms with Gasteiger partial charge in [0.15, 0.2) is 0 Å². The summed E-state index contributed by atoms with van der Waals surface area (Å²) in [6, 6.07) is 25.1. The van der Waals surface area contributed by atoms with Crippen molar-refractivity contribution in [2.24, 2.45) is 0 Å². The molecule has 2 heteroatoms. The zero-order chi connectivity index (χ0) is 17.2. The van der Waals surface area contributed by atoms with Crippen LogP contribution in [0.1, 0.15) is 5.56 Å². The molecule has 0 aliphatic heterocycles. The van der Waals surface area contributed by atoms with Crippen LogP contribution in [0.25, 0.3) is 33.6 Å². The number of hydrogen-bond donors (Lipinski definition) is 0. The third-order valence-electron chi connectivity index (χ3n) is 4.38. The predicted molar refractivity (Wildman–Crippen MR) is 99.7 cm³/mol. The maximum Gasteiger partial charge on any atom is 0.133 e. The van der Waals surface area contributed by atoms with Gasteiger partial charge >= 0.3 is 0 Å². The van der Waals surface area contributed by atoms with E-state index in [9.17, 15) is 4.39 Å². The summed E-state index contributed by atoms with van der Waals surface area (Å²) in [5.74, 6) is 0.652. The standard InChI is InChI=1S/C23H17FO/c1-16-14-20(23-6-3-13-25-23)9-12-22(16)19-5-2-4-18(15-19)17-7-10-21(24)11-8-17/h2-15H,1H3. The first kappa shape index (κ1) is 15.4. The van der Waals surface area contributed by atoms with Crippen LogP contribution in [0.3, 0.4) is 0 Å². The minimum Gasteiger partial charge on any atom is -0.464 e. The van der Waals surface area contributed by atoms with Crippen LogP contribution in [-0.4, -0.2) is 0 Å². The Bertz CT molecular complexity index is 999. The molecule has 0 N–H and O–H groups in total. The average molecular weight is 328 g/mol. The van der Waals surface area contributed by atoms with Crippen LogP contribution in [-0.2, 0) is 0 Å². The van der Waals surface area contributed by atoms with Crippen LogP contribution in [0, 0.1) is 12.7 Å². The number of aryl methyl sites for hydroxylation is 1. The molecule has 0 saturated carbocycles. The SMILES string of the molecule is Cc1cc(-c2ccco2)ccc1-c1cccc(-c2ccc(F)cc2)c1. The van der Waals surface area contributed by atoms with Gasteiger partial charge in [0.1, 0.15) is 11.6 Å². The highest BCUT2D eigenvalue weighted by atomic mass is 19.1. The minimum atomic E-state index is -0.218. The number of rotatable bonds is 3. The molecule has 0 unspecified atom stereocenters. The van der Waals surface area contributed by atoms with Gasteiger partial charge in [-0.25, -0.2) is 4.39 Å². The zero-order valence-electron chi connectivity index (χ0n) is 13.9. The fourth-order valence-electron chi connectivity index (χ4n) is 3.09. The Morgan fingerprint density at radius 1 is 0.680 bits per heavy atom. The second-order valence-corrected chi connectivity index (χ2v) is 6.09. The third-order valence-corrected chi connectivity index (χ3v) is 4.38. The Balaban J connectivity index is 1.72. The van der Waals surface area contributed by atoms with Crippen molar-refractivity contribution in [1.82, 2.24) is 0 Å². The number of halogens is 1. The average Bonchev–Trinajstić information content (AvgIpc) is 3.17. The van der Waals surface area contributed by atoms with Gasteiger partial charge in [-0.05, 0) is 71.1 Å². The molecule has 1 aromatic heterocycles. The lowest BCUT2D eigenvalue weighted by Gasteiger charge is -2.10. The smallest absolute Gasteiger partial charge is 0.133 e. The minimum absolute atomic E-state index is 0.218. The van der Waals surface area contributed by atoms with E-state index in [0.29, 0.717) is 0 Å². The maximum absolute atomic E-state index is 13.1. The van der Waals surface area contributed by atoms with E-state index in [-0.39, 0.29) is 5.82 Å². The van der Waals surface area contributed by atoms with Gasteiger partial charge in [-0.1, -0.05) is 42.5 Å². The largest absolute Gasteiger partial charge is 0.464 e. The lowest BCUT2D eigenvalue weighted by Crippen LogP contribution is -1.86. The van der Waals surface area contributed by atoms with Crippen LogP contribution >= 0.6 is 0 Å². The molecule has 0 bridgehead atoms. The lowest BCUT2D eigenvalue weighted by molar-refractivity contribution is 0.582. The van der Waals surface area contributed by atoms with E-state index in [0.717, 1.165) is 28.0 Å². The molecule has 0 spiro atoms. The Hall–Kier alpha value is -3.13. The molecular weight excluding hydrogens is 311 g/mol. The molecule has 0 radical (unpaired) electrons. The summed E-state index contributed by atoms with van der Waals surface area (Å²) >= 11 is 0. The normalized spacial score (nSPS) is 10.8. The summed E-state index contributed by atoms with van der Waals surface area (Å²) in [7, 11) is 0. The van der Waals surface area contributed by atoms with Gasteiger partial charge in [0.2, 0.25) is 0 Å². The van der Waals surface area contributed by atoms with Gasteiger partial charge in [0.05, 0.1) is 6.26 Å². The van der Waals surface area contributed by atoms with Crippen LogP contribution in [0.5, 0.6) is 0 Å². The van der Waals surface area contributed by atoms with Gasteiger partial charge in [-0.3, -0.25) is 0 Å². The first-order valence-corrected chi connectivity index (χ1v) is 8.21. The van der Waals surface area contributed by atoms with Crippen molar-refractivity contribution in [3.8, 4) is 33.6 Å². The Morgan fingerprint density at radius 2 is 1.44 bits per heavy atom. The highest BCUT2D eigenvalue weighted by Crippen LogP contribution is 2.31. The Kier molecular flexibility index (Phi) is 3.95. The van der Waals surface area contributed by atoms with Crippen molar-refractivity contribution >= 4 is 0 Å². The van der Waals surface area contributed by atoms with E-state index in [2.05, 4.69) is 37.3 Å². The summed E-state index contributed by atoms with van der Waals surface area (Å²) in [5.41, 5.74) is 6.66. The molecule has 4 rings (SSSR count). The van der Waals surface area contributed by atoms with Crippen molar-refractivity contribution in [2.45, 2.75) is 6.92 Å². The summed E-state index contributed by atoms with van der Waals surface area (Å²) in [4.78, 5) is 0. The summed E-state index contributed by atoms with van der Waals surface area (Å²) in [5, 5.41) is 0. The van der Waals surface area contributed by atoms with E-state index >= 15 is 0 Å². The fraction of sp³-hybridized carbons (Fsp3) is 0.0435. The van der Waals surface area contributed by atoms with Crippen molar-refractivity contribution in [1.29, 1.82) is 0 Å². The van der Waals surface area contributed by atoms with E-state index in [1.54, 1.807) is 18.4 Å². The van der Waals surface area contributed by atoms with Gasteiger partial charge in [0.25, 0.3) is 0 Å². The third kappa shape index (κ3) is 3.11. The summed E-state index contributed by atoms with van der Waals surface area (Å²) in [6.45, 7) is 2.10. The van der Waals surface area contributed by atoms with Crippen molar-refractivity contribution in [3.05, 3.63) is 96.5 Å². The lowest BCUT2D eigenvalue weighted by atomic mass is 9.95. The molecule has 1 heterocycles. The fourth-order valence-corrected chi connectivity index (χ4v) is 3.09. The van der Waals surface area contributed by atoms with Crippen molar-refractivity contribution < 1.29 is 8.81 Å². The molecule has 0 amide bonds. The van der Waals surface area contributed by atoms with Gasteiger partial charge < -0.3 is 4.42 Å². The molecule has 0 aliphatic carbocycles. The van der Waals surface area contributed by atoms with Crippen molar-refractivity contribution in [2.75, 3.05) is 0 Å². The van der Waals surface area contributed by atoms with E-state index in [1.165, 1.54) is 23.3 Å². The molecule has 0 atom stereocenters. The number of benzene rings is 3. The number of hydrogen-bond acceptors (Lipinski definition) is 1. The van der Waals surface area contributed by atoms with E-state index in [1.807, 2.05) is 24.3 Å². The zero-order valence-corrected chi connectivity index (χ0v) is 13.9. The van der Waals surface area contributed by atoms with E-state index in [4.69, 9.17) is 4.42 Å². The first-order chi connectivity index (χ1) is 12.2. The predicted octanol–water partition coefficient (Wildman–Crippen LogP) is 6.73. The van der Waals surface area contributed by atoms with Crippen LogP contribution < -0.4 is 0 Å². The van der Waals surface area contributed by atoms with Crippen LogP contribution in [0.4, 0.5) is 4.39 Å². The summed E-state index contributed by atoms with van der Waals surface area (Å²) < 4.78 is 18.6. The Labute approximate surface area is 146 Å². The first-order valence-electron chi connectivity index (χ1n) is 8.21. The maximum atomic E-state index is 13.1. The van der Waals surface area contributed by atoms with Gasteiger partial charge in [0, 0.05) is 5.56 Å². The molecule has 25 heavy (non-hydrogen) atoms. The highest BCUT2D eigenvalue weighted by Gasteiger charge is 2.07. The highest BCUT2D eigenvalue weighted by molar-refractivity contribution is 5.76. The van der Waals surface area contributed by atoms with Gasteiger partial charge in [-0.15, -0.1) is 0 Å². The molecule has 4 aromatic rings. The molecule has 1 nitrogen and oxygen atoms in total. The second-order valence-electron chi connectivity index (χ2n) is 6.09. The Morgan fingerprint density at radius 3 is 2.16 bits per heavy atom. The second kappa shape index (κ2) is 6.40. The van der Waals surface area contributed by atoms with E-state index < -0.39 is 0 Å². The monoisotopic (exact) mass is 328 g/mol.